The maximum atomic E-state index is 12.5. The van der Waals surface area contributed by atoms with Gasteiger partial charge in [-0.15, -0.1) is 6.58 Å². The molecule has 0 aliphatic carbocycles. The number of halogens is 3. The summed E-state index contributed by atoms with van der Waals surface area (Å²) in [6.45, 7) is 21.2. The maximum absolute atomic E-state index is 12.5. The minimum Gasteiger partial charge on any atom is -0.445 e. The van der Waals surface area contributed by atoms with Crippen LogP contribution < -0.4 is 5.32 Å². The lowest BCUT2D eigenvalue weighted by Crippen LogP contribution is -2.59. The standard InChI is InChI=1S/C32H54Cl3NO9/c1-10-11-39-30-27(36-31(38)42-15-32(33,34)35)21(7)20(6)26(45-30)14-41-29-23(9)17(3)19(5)25(44-29)13-40-28-22(8)16(2)18(4)24(12-37)43-28/h10,16-30,37H,1,11-15H2,2-9H3,(H,36,38)/t16-,17-,18-,19-,20-,21-,22?,23?,24?,25?,26?,27?,28+,29+,30+/m0/s1. The van der Waals surface area contributed by atoms with Crippen molar-refractivity contribution in [2.75, 3.05) is 33.0 Å². The van der Waals surface area contributed by atoms with Gasteiger partial charge in [0, 0.05) is 11.8 Å². The van der Waals surface area contributed by atoms with Crippen LogP contribution in [0.2, 0.25) is 0 Å². The number of rotatable bonds is 12. The van der Waals surface area contributed by atoms with Crippen LogP contribution in [0.4, 0.5) is 4.79 Å². The Morgan fingerprint density at radius 2 is 1.20 bits per heavy atom. The lowest BCUT2D eigenvalue weighted by molar-refractivity contribution is -0.302. The zero-order valence-electron chi connectivity index (χ0n) is 27.8. The zero-order valence-corrected chi connectivity index (χ0v) is 30.1. The van der Waals surface area contributed by atoms with E-state index >= 15 is 0 Å². The molecule has 13 heteroatoms. The third-order valence-electron chi connectivity index (χ3n) is 10.6. The summed E-state index contributed by atoms with van der Waals surface area (Å²) in [5, 5.41) is 12.6. The van der Waals surface area contributed by atoms with Gasteiger partial charge in [-0.05, 0) is 35.5 Å². The average molecular weight is 703 g/mol. The lowest BCUT2D eigenvalue weighted by atomic mass is 9.78. The molecule has 0 aromatic carbocycles. The van der Waals surface area contributed by atoms with Crippen molar-refractivity contribution in [3.05, 3.63) is 12.7 Å². The van der Waals surface area contributed by atoms with E-state index in [0.717, 1.165) is 0 Å². The average Bonchev–Trinajstić information content (AvgIpc) is 2.99. The third kappa shape index (κ3) is 10.3. The minimum absolute atomic E-state index is 0.0183. The molecule has 3 saturated heterocycles. The Labute approximate surface area is 284 Å². The molecule has 3 fully saturated rings. The van der Waals surface area contributed by atoms with Crippen LogP contribution in [0.3, 0.4) is 0 Å². The first-order chi connectivity index (χ1) is 21.1. The van der Waals surface area contributed by atoms with Crippen LogP contribution in [-0.4, -0.2) is 91.3 Å². The van der Waals surface area contributed by atoms with Crippen LogP contribution in [0.25, 0.3) is 0 Å². The number of nitrogens with one attached hydrogen (secondary N) is 1. The van der Waals surface area contributed by atoms with Crippen LogP contribution in [0.5, 0.6) is 0 Å². The second-order valence-electron chi connectivity index (χ2n) is 13.3. The van der Waals surface area contributed by atoms with E-state index in [2.05, 4.69) is 53.4 Å². The van der Waals surface area contributed by atoms with E-state index in [-0.39, 0.29) is 73.6 Å². The summed E-state index contributed by atoms with van der Waals surface area (Å²) < 4.78 is 41.0. The summed E-state index contributed by atoms with van der Waals surface area (Å²) in [6.07, 6.45) is -1.56. The molecule has 1 amide bonds. The SMILES string of the molecule is C=CCO[C@@H]1OC(CO[C@@H]2OC(CO[C@@H]3OC(CO)[C@@H](C)[C@H](C)C3C)[C@@H](C)[C@H](C)C2C)[C@@H](C)[C@H](C)C1NC(=O)OCC(Cl)(Cl)Cl. The van der Waals surface area contributed by atoms with Crippen molar-refractivity contribution >= 4 is 40.9 Å². The molecule has 0 aromatic rings. The number of aliphatic hydroxyl groups excluding tert-OH is 1. The molecule has 10 nitrogen and oxygen atoms in total. The van der Waals surface area contributed by atoms with Crippen molar-refractivity contribution in [1.82, 2.24) is 5.32 Å². The van der Waals surface area contributed by atoms with E-state index in [1.807, 2.05) is 13.8 Å². The number of carbonyl (C=O) groups excluding carboxylic acids is 1. The number of hydrogen-bond donors (Lipinski definition) is 2. The fourth-order valence-electron chi connectivity index (χ4n) is 6.45. The van der Waals surface area contributed by atoms with Gasteiger partial charge in [0.1, 0.15) is 6.61 Å². The van der Waals surface area contributed by atoms with Gasteiger partial charge in [0.15, 0.2) is 18.9 Å². The monoisotopic (exact) mass is 701 g/mol. The molecule has 45 heavy (non-hydrogen) atoms. The molecule has 0 bridgehead atoms. The number of alkyl halides is 3. The number of alkyl carbamates (subject to hydrolysis) is 1. The van der Waals surface area contributed by atoms with Gasteiger partial charge >= 0.3 is 6.09 Å². The van der Waals surface area contributed by atoms with Crippen LogP contribution in [-0.2, 0) is 33.2 Å². The summed E-state index contributed by atoms with van der Waals surface area (Å²) in [6, 6.07) is -0.521. The van der Waals surface area contributed by atoms with Gasteiger partial charge in [-0.25, -0.2) is 4.79 Å². The van der Waals surface area contributed by atoms with E-state index in [9.17, 15) is 9.90 Å². The summed E-state index contributed by atoms with van der Waals surface area (Å²) in [5.41, 5.74) is 0. The van der Waals surface area contributed by atoms with Gasteiger partial charge in [-0.2, -0.15) is 0 Å². The second-order valence-corrected chi connectivity index (χ2v) is 15.9. The summed E-state index contributed by atoms with van der Waals surface area (Å²) in [7, 11) is 0. The van der Waals surface area contributed by atoms with Gasteiger partial charge < -0.3 is 43.6 Å². The smallest absolute Gasteiger partial charge is 0.407 e. The fourth-order valence-corrected chi connectivity index (χ4v) is 6.61. The molecular weight excluding hydrogens is 649 g/mol. The Morgan fingerprint density at radius 3 is 1.69 bits per heavy atom. The molecule has 3 rings (SSSR count). The van der Waals surface area contributed by atoms with Crippen LogP contribution in [0.1, 0.15) is 55.4 Å². The minimum atomic E-state index is -1.72. The van der Waals surface area contributed by atoms with E-state index in [0.29, 0.717) is 18.4 Å². The number of carbonyl (C=O) groups is 1. The van der Waals surface area contributed by atoms with E-state index in [4.69, 9.17) is 68.0 Å². The Balaban J connectivity index is 1.62. The van der Waals surface area contributed by atoms with Gasteiger partial charge in [0.25, 0.3) is 0 Å². The molecule has 6 unspecified atom stereocenters. The third-order valence-corrected chi connectivity index (χ3v) is 10.9. The highest BCUT2D eigenvalue weighted by molar-refractivity contribution is 6.67. The number of hydrogen-bond acceptors (Lipinski definition) is 9. The van der Waals surface area contributed by atoms with Crippen molar-refractivity contribution in [2.24, 2.45) is 47.3 Å². The van der Waals surface area contributed by atoms with Crippen molar-refractivity contribution in [3.63, 3.8) is 0 Å². The molecular formula is C32H54Cl3NO9. The summed E-state index contributed by atoms with van der Waals surface area (Å²) in [5.74, 6) is 1.36. The largest absolute Gasteiger partial charge is 0.445 e. The maximum Gasteiger partial charge on any atom is 0.407 e. The first-order valence-corrected chi connectivity index (χ1v) is 17.3. The molecule has 0 saturated carbocycles. The Bertz CT molecular complexity index is 940. The zero-order chi connectivity index (χ0) is 33.6. The molecule has 15 atom stereocenters. The molecule has 0 spiro atoms. The Kier molecular flexibility index (Phi) is 15.0. The van der Waals surface area contributed by atoms with Gasteiger partial charge in [0.05, 0.1) is 50.8 Å². The van der Waals surface area contributed by atoms with E-state index in [1.165, 1.54) is 0 Å². The van der Waals surface area contributed by atoms with Gasteiger partial charge in [0.2, 0.25) is 3.79 Å². The van der Waals surface area contributed by atoms with E-state index < -0.39 is 41.4 Å². The molecule has 2 N–H and O–H groups in total. The molecule has 0 aromatic heterocycles. The topological polar surface area (TPSA) is 114 Å². The van der Waals surface area contributed by atoms with Gasteiger partial charge in [-0.1, -0.05) is 96.3 Å². The predicted octanol–water partition coefficient (Wildman–Crippen LogP) is 5.94. The fraction of sp³-hybridized carbons (Fsp3) is 0.906. The highest BCUT2D eigenvalue weighted by atomic mass is 35.6. The van der Waals surface area contributed by atoms with E-state index in [1.54, 1.807) is 6.08 Å². The van der Waals surface area contributed by atoms with Crippen molar-refractivity contribution in [3.8, 4) is 0 Å². The number of ether oxygens (including phenoxy) is 7. The molecule has 0 radical (unpaired) electrons. The highest BCUT2D eigenvalue weighted by Crippen LogP contribution is 2.39. The van der Waals surface area contributed by atoms with Crippen LogP contribution in [0.15, 0.2) is 12.7 Å². The van der Waals surface area contributed by atoms with Crippen LogP contribution >= 0.6 is 34.8 Å². The predicted molar refractivity (Wildman–Crippen MR) is 173 cm³/mol. The quantitative estimate of drug-likeness (QED) is 0.188. The molecule has 3 heterocycles. The summed E-state index contributed by atoms with van der Waals surface area (Å²) >= 11 is 17.2. The first kappa shape index (κ1) is 39.0. The van der Waals surface area contributed by atoms with Crippen LogP contribution in [0, 0.1) is 47.3 Å². The lowest BCUT2D eigenvalue weighted by Gasteiger charge is -2.47. The van der Waals surface area contributed by atoms with Crippen molar-refractivity contribution in [1.29, 1.82) is 0 Å². The van der Waals surface area contributed by atoms with Crippen molar-refractivity contribution in [2.45, 2.75) is 102 Å². The van der Waals surface area contributed by atoms with Gasteiger partial charge in [-0.3, -0.25) is 0 Å². The first-order valence-electron chi connectivity index (χ1n) is 16.1. The molecule has 3 aliphatic rings. The highest BCUT2D eigenvalue weighted by Gasteiger charge is 2.46. The Hall–Kier alpha value is -0.400. The molecule has 3 aliphatic heterocycles. The van der Waals surface area contributed by atoms with Crippen molar-refractivity contribution < 1.29 is 43.1 Å². The second kappa shape index (κ2) is 17.3. The normalized spacial score (nSPS) is 42.6. The summed E-state index contributed by atoms with van der Waals surface area (Å²) in [4.78, 5) is 12.5. The Morgan fingerprint density at radius 1 is 0.733 bits per heavy atom. The molecule has 262 valence electrons. The number of aliphatic hydroxyl groups is 1. The number of amides is 1.